The summed E-state index contributed by atoms with van der Waals surface area (Å²) >= 11 is 0. The standard InChI is InChI=1S/C11H23N3OS/c1-9(2)7-13-10(12)14-8-11(16(3)15)5-4-6-11/h9H,4-8H2,1-3H3,(H3,12,13,14). The van der Waals surface area contributed by atoms with Crippen LogP contribution in [0.2, 0.25) is 0 Å². The molecule has 94 valence electrons. The molecule has 0 aliphatic heterocycles. The van der Waals surface area contributed by atoms with Crippen LogP contribution in [0.3, 0.4) is 0 Å². The maximum absolute atomic E-state index is 11.6. The average Bonchev–Trinajstić information content (AvgIpc) is 2.12. The Hall–Kier alpha value is -0.580. The van der Waals surface area contributed by atoms with Crippen LogP contribution in [0, 0.1) is 5.92 Å². The van der Waals surface area contributed by atoms with Crippen LogP contribution < -0.4 is 11.1 Å². The third-order valence-electron chi connectivity index (χ3n) is 3.10. The first-order valence-electron chi connectivity index (χ1n) is 5.83. The van der Waals surface area contributed by atoms with Crippen molar-refractivity contribution < 1.29 is 4.21 Å². The van der Waals surface area contributed by atoms with Gasteiger partial charge in [0, 0.05) is 23.6 Å². The second-order valence-corrected chi connectivity index (χ2v) is 6.74. The normalized spacial score (nSPS) is 21.6. The van der Waals surface area contributed by atoms with Crippen LogP contribution in [0.1, 0.15) is 33.1 Å². The summed E-state index contributed by atoms with van der Waals surface area (Å²) in [7, 11) is -0.802. The van der Waals surface area contributed by atoms with Crippen molar-refractivity contribution in [1.29, 1.82) is 0 Å². The minimum atomic E-state index is -0.802. The van der Waals surface area contributed by atoms with Crippen LogP contribution in [-0.2, 0) is 10.8 Å². The van der Waals surface area contributed by atoms with Crippen LogP contribution in [0.15, 0.2) is 4.99 Å². The minimum Gasteiger partial charge on any atom is -0.370 e. The van der Waals surface area contributed by atoms with E-state index >= 15 is 0 Å². The van der Waals surface area contributed by atoms with E-state index in [-0.39, 0.29) is 4.75 Å². The van der Waals surface area contributed by atoms with Crippen LogP contribution in [0.4, 0.5) is 0 Å². The number of nitrogens with zero attached hydrogens (tertiary/aromatic N) is 1. The van der Waals surface area contributed by atoms with Crippen molar-refractivity contribution in [2.75, 3.05) is 19.3 Å². The average molecular weight is 245 g/mol. The van der Waals surface area contributed by atoms with E-state index in [1.54, 1.807) is 6.26 Å². The highest BCUT2D eigenvalue weighted by atomic mass is 32.2. The van der Waals surface area contributed by atoms with Crippen molar-refractivity contribution in [3.05, 3.63) is 0 Å². The molecule has 16 heavy (non-hydrogen) atoms. The summed E-state index contributed by atoms with van der Waals surface area (Å²) in [5, 5.41) is 3.07. The second-order valence-electron chi connectivity index (χ2n) is 4.97. The molecular formula is C11H23N3OS. The highest BCUT2D eigenvalue weighted by molar-refractivity contribution is 7.85. The zero-order valence-electron chi connectivity index (χ0n) is 10.5. The van der Waals surface area contributed by atoms with Gasteiger partial charge in [-0.1, -0.05) is 20.3 Å². The summed E-state index contributed by atoms with van der Waals surface area (Å²) in [4.78, 5) is 4.30. The molecule has 0 heterocycles. The molecule has 4 nitrogen and oxygen atoms in total. The fraction of sp³-hybridized carbons (Fsp3) is 0.909. The Balaban J connectivity index is 2.42. The first-order chi connectivity index (χ1) is 7.46. The van der Waals surface area contributed by atoms with E-state index in [1.165, 1.54) is 0 Å². The Morgan fingerprint density at radius 1 is 1.56 bits per heavy atom. The Kier molecular flexibility index (Phi) is 4.77. The lowest BCUT2D eigenvalue weighted by Gasteiger charge is -2.38. The molecule has 0 radical (unpaired) electrons. The van der Waals surface area contributed by atoms with Gasteiger partial charge in [-0.25, -0.2) is 0 Å². The maximum Gasteiger partial charge on any atom is 0.188 e. The van der Waals surface area contributed by atoms with Crippen LogP contribution in [0.25, 0.3) is 0 Å². The quantitative estimate of drug-likeness (QED) is 0.557. The molecule has 1 saturated carbocycles. The summed E-state index contributed by atoms with van der Waals surface area (Å²) < 4.78 is 11.5. The number of guanidine groups is 1. The van der Waals surface area contributed by atoms with Crippen molar-refractivity contribution in [2.45, 2.75) is 37.9 Å². The number of hydrogen-bond acceptors (Lipinski definition) is 2. The zero-order valence-corrected chi connectivity index (χ0v) is 11.3. The number of rotatable bonds is 5. The van der Waals surface area contributed by atoms with Gasteiger partial charge in [0.05, 0.1) is 11.3 Å². The molecule has 1 fully saturated rings. The van der Waals surface area contributed by atoms with E-state index < -0.39 is 10.8 Å². The smallest absolute Gasteiger partial charge is 0.188 e. The Morgan fingerprint density at radius 2 is 2.19 bits per heavy atom. The largest absolute Gasteiger partial charge is 0.370 e. The van der Waals surface area contributed by atoms with Gasteiger partial charge in [0.2, 0.25) is 0 Å². The summed E-state index contributed by atoms with van der Waals surface area (Å²) in [6.45, 7) is 5.66. The van der Waals surface area contributed by atoms with Gasteiger partial charge in [0.15, 0.2) is 5.96 Å². The van der Waals surface area contributed by atoms with Crippen molar-refractivity contribution >= 4 is 16.8 Å². The van der Waals surface area contributed by atoms with Crippen molar-refractivity contribution in [3.8, 4) is 0 Å². The van der Waals surface area contributed by atoms with Crippen LogP contribution >= 0.6 is 0 Å². The summed E-state index contributed by atoms with van der Waals surface area (Å²) in [6, 6.07) is 0. The first-order valence-corrected chi connectivity index (χ1v) is 7.39. The van der Waals surface area contributed by atoms with Gasteiger partial charge in [0.25, 0.3) is 0 Å². The lowest BCUT2D eigenvalue weighted by molar-refractivity contribution is 0.361. The molecule has 1 aliphatic rings. The lowest BCUT2D eigenvalue weighted by Crippen LogP contribution is -2.45. The molecule has 1 rings (SSSR count). The third-order valence-corrected chi connectivity index (χ3v) is 4.86. The molecule has 5 heteroatoms. The second kappa shape index (κ2) is 5.66. The highest BCUT2D eigenvalue weighted by Crippen LogP contribution is 2.37. The topological polar surface area (TPSA) is 67.5 Å². The van der Waals surface area contributed by atoms with Crippen molar-refractivity contribution in [3.63, 3.8) is 0 Å². The fourth-order valence-electron chi connectivity index (χ4n) is 1.70. The molecule has 0 saturated heterocycles. The van der Waals surface area contributed by atoms with E-state index in [1.807, 2.05) is 0 Å². The summed E-state index contributed by atoms with van der Waals surface area (Å²) in [5.41, 5.74) is 5.75. The Morgan fingerprint density at radius 3 is 2.56 bits per heavy atom. The first kappa shape index (κ1) is 13.5. The maximum atomic E-state index is 11.6. The van der Waals surface area contributed by atoms with Gasteiger partial charge in [-0.2, -0.15) is 0 Å². The Labute approximate surface area is 101 Å². The predicted molar refractivity (Wildman–Crippen MR) is 70.0 cm³/mol. The van der Waals surface area contributed by atoms with Gasteiger partial charge in [0.1, 0.15) is 0 Å². The monoisotopic (exact) mass is 245 g/mol. The number of nitrogens with two attached hydrogens (primary N) is 1. The van der Waals surface area contributed by atoms with Gasteiger partial charge in [-0.05, 0) is 18.8 Å². The molecule has 1 atom stereocenters. The highest BCUT2D eigenvalue weighted by Gasteiger charge is 2.40. The van der Waals surface area contributed by atoms with Gasteiger partial charge >= 0.3 is 0 Å². The van der Waals surface area contributed by atoms with Crippen molar-refractivity contribution in [2.24, 2.45) is 16.6 Å². The number of aliphatic imine (C=N–C) groups is 1. The SMILES string of the molecule is CC(C)CNC(N)=NCC1(S(C)=O)CCC1. The van der Waals surface area contributed by atoms with Crippen molar-refractivity contribution in [1.82, 2.24) is 5.32 Å². The predicted octanol–water partition coefficient (Wildman–Crippen LogP) is 0.848. The molecule has 1 aliphatic carbocycles. The molecule has 0 spiro atoms. The summed E-state index contributed by atoms with van der Waals surface area (Å²) in [6.07, 6.45) is 4.95. The molecule has 1 unspecified atom stereocenters. The lowest BCUT2D eigenvalue weighted by atomic mass is 9.84. The van der Waals surface area contributed by atoms with Crippen LogP contribution in [-0.4, -0.2) is 34.3 Å². The molecule has 3 N–H and O–H groups in total. The summed E-state index contributed by atoms with van der Waals surface area (Å²) in [5.74, 6) is 1.03. The molecule has 0 aromatic carbocycles. The van der Waals surface area contributed by atoms with E-state index in [0.29, 0.717) is 18.4 Å². The molecular weight excluding hydrogens is 222 g/mol. The van der Waals surface area contributed by atoms with Gasteiger partial charge in [-0.15, -0.1) is 0 Å². The van der Waals surface area contributed by atoms with E-state index in [0.717, 1.165) is 25.8 Å². The minimum absolute atomic E-state index is 0.0931. The molecule has 0 aromatic heterocycles. The molecule has 0 amide bonds. The third kappa shape index (κ3) is 3.47. The van der Waals surface area contributed by atoms with Gasteiger partial charge in [-0.3, -0.25) is 9.20 Å². The van der Waals surface area contributed by atoms with Crippen LogP contribution in [0.5, 0.6) is 0 Å². The van der Waals surface area contributed by atoms with E-state index in [4.69, 9.17) is 5.73 Å². The fourth-order valence-corrected chi connectivity index (χ4v) is 2.81. The van der Waals surface area contributed by atoms with E-state index in [9.17, 15) is 4.21 Å². The number of hydrogen-bond donors (Lipinski definition) is 2. The Bertz CT molecular complexity index is 285. The molecule has 0 bridgehead atoms. The van der Waals surface area contributed by atoms with E-state index in [2.05, 4.69) is 24.2 Å². The zero-order chi connectivity index (χ0) is 12.2. The number of nitrogens with one attached hydrogen (secondary N) is 1. The van der Waals surface area contributed by atoms with Gasteiger partial charge < -0.3 is 11.1 Å². The molecule has 0 aromatic rings.